The van der Waals surface area contributed by atoms with Gasteiger partial charge in [-0.2, -0.15) is 0 Å². The Labute approximate surface area is 125 Å². The molecule has 0 amide bonds. The number of aromatic nitrogens is 2. The molecule has 0 saturated carbocycles. The summed E-state index contributed by atoms with van der Waals surface area (Å²) < 4.78 is 10.0. The van der Waals surface area contributed by atoms with Crippen molar-refractivity contribution in [3.63, 3.8) is 0 Å². The summed E-state index contributed by atoms with van der Waals surface area (Å²) in [6, 6.07) is 1.57. The van der Waals surface area contributed by atoms with E-state index in [1.165, 1.54) is 13.3 Å². The van der Waals surface area contributed by atoms with Crippen LogP contribution in [0.2, 0.25) is 10.2 Å². The van der Waals surface area contributed by atoms with Gasteiger partial charge in [-0.05, 0) is 12.5 Å². The van der Waals surface area contributed by atoms with Gasteiger partial charge in [-0.1, -0.05) is 35.3 Å². The third-order valence-electron chi connectivity index (χ3n) is 2.72. The van der Waals surface area contributed by atoms with Gasteiger partial charge in [0.2, 0.25) is 0 Å². The molecule has 0 fully saturated rings. The number of carbonyl (C=O) groups is 1. The van der Waals surface area contributed by atoms with E-state index < -0.39 is 5.97 Å². The van der Waals surface area contributed by atoms with Gasteiger partial charge < -0.3 is 9.26 Å². The molecule has 0 unspecified atom stereocenters. The average Bonchev–Trinajstić information content (AvgIpc) is 2.82. The summed E-state index contributed by atoms with van der Waals surface area (Å²) in [5.74, 6) is -0.0916. The Morgan fingerprint density at radius 1 is 1.45 bits per heavy atom. The molecule has 0 radical (unpaired) electrons. The van der Waals surface area contributed by atoms with Crippen LogP contribution in [0.15, 0.2) is 16.8 Å². The third kappa shape index (κ3) is 2.64. The van der Waals surface area contributed by atoms with Crippen molar-refractivity contribution in [2.24, 2.45) is 0 Å². The molecule has 0 aliphatic carbocycles. The second kappa shape index (κ2) is 6.24. The van der Waals surface area contributed by atoms with Crippen LogP contribution in [0.25, 0.3) is 11.3 Å². The Morgan fingerprint density at radius 2 is 2.20 bits per heavy atom. The molecule has 5 nitrogen and oxygen atoms in total. The lowest BCUT2D eigenvalue weighted by Gasteiger charge is -2.05. The summed E-state index contributed by atoms with van der Waals surface area (Å²) in [7, 11) is 1.29. The minimum Gasteiger partial charge on any atom is -0.465 e. The van der Waals surface area contributed by atoms with Gasteiger partial charge in [-0.25, -0.2) is 9.78 Å². The molecule has 2 rings (SSSR count). The van der Waals surface area contributed by atoms with Crippen molar-refractivity contribution in [1.82, 2.24) is 10.1 Å². The average molecular weight is 315 g/mol. The maximum absolute atomic E-state index is 12.0. The van der Waals surface area contributed by atoms with Crippen LogP contribution in [0.3, 0.4) is 0 Å². The van der Waals surface area contributed by atoms with Gasteiger partial charge in [0.05, 0.1) is 17.7 Å². The highest BCUT2D eigenvalue weighted by atomic mass is 35.5. The SMILES string of the molecule is CCCc1onc(-c2c(Cl)ccnc2Cl)c1C(=O)OC. The van der Waals surface area contributed by atoms with Gasteiger partial charge >= 0.3 is 5.97 Å². The van der Waals surface area contributed by atoms with E-state index in [4.69, 9.17) is 32.5 Å². The second-order valence-corrected chi connectivity index (χ2v) is 4.79. The van der Waals surface area contributed by atoms with E-state index in [-0.39, 0.29) is 16.4 Å². The highest BCUT2D eigenvalue weighted by Gasteiger charge is 2.27. The predicted octanol–water partition coefficient (Wildman–Crippen LogP) is 3.78. The first-order valence-electron chi connectivity index (χ1n) is 5.97. The lowest BCUT2D eigenvalue weighted by Crippen LogP contribution is -2.05. The smallest absolute Gasteiger partial charge is 0.343 e. The van der Waals surface area contributed by atoms with Gasteiger partial charge in [0.1, 0.15) is 16.4 Å². The van der Waals surface area contributed by atoms with E-state index in [1.807, 2.05) is 6.92 Å². The molecule has 20 heavy (non-hydrogen) atoms. The third-order valence-corrected chi connectivity index (χ3v) is 3.32. The second-order valence-electron chi connectivity index (χ2n) is 4.03. The van der Waals surface area contributed by atoms with Gasteiger partial charge in [0, 0.05) is 12.6 Å². The zero-order valence-electron chi connectivity index (χ0n) is 10.9. The van der Waals surface area contributed by atoms with Crippen LogP contribution in [0.1, 0.15) is 29.5 Å². The Kier molecular flexibility index (Phi) is 4.62. The van der Waals surface area contributed by atoms with E-state index in [1.54, 1.807) is 6.07 Å². The maximum atomic E-state index is 12.0. The normalized spacial score (nSPS) is 10.6. The van der Waals surface area contributed by atoms with Crippen molar-refractivity contribution in [1.29, 1.82) is 0 Å². The highest BCUT2D eigenvalue weighted by Crippen LogP contribution is 2.36. The largest absolute Gasteiger partial charge is 0.465 e. The summed E-state index contributed by atoms with van der Waals surface area (Å²) in [6.45, 7) is 1.97. The molecule has 2 aromatic heterocycles. The summed E-state index contributed by atoms with van der Waals surface area (Å²) in [6.07, 6.45) is 2.83. The zero-order valence-corrected chi connectivity index (χ0v) is 12.5. The van der Waals surface area contributed by atoms with Crippen LogP contribution in [0.4, 0.5) is 0 Å². The monoisotopic (exact) mass is 314 g/mol. The first-order valence-corrected chi connectivity index (χ1v) is 6.73. The maximum Gasteiger partial charge on any atom is 0.343 e. The molecule has 7 heteroatoms. The highest BCUT2D eigenvalue weighted by molar-refractivity contribution is 6.38. The number of methoxy groups -OCH3 is 1. The summed E-state index contributed by atoms with van der Waals surface area (Å²) in [5, 5.41) is 4.40. The van der Waals surface area contributed by atoms with E-state index >= 15 is 0 Å². The van der Waals surface area contributed by atoms with Crippen LogP contribution in [0.5, 0.6) is 0 Å². The molecule has 0 saturated heterocycles. The fraction of sp³-hybridized carbons (Fsp3) is 0.308. The molecule has 0 aliphatic rings. The number of halogens is 2. The van der Waals surface area contributed by atoms with Crippen LogP contribution >= 0.6 is 23.2 Å². The Bertz CT molecular complexity index is 620. The summed E-state index contributed by atoms with van der Waals surface area (Å²) in [4.78, 5) is 15.9. The molecule has 2 heterocycles. The Morgan fingerprint density at radius 3 is 2.80 bits per heavy atom. The van der Waals surface area contributed by atoms with Crippen molar-refractivity contribution in [3.8, 4) is 11.3 Å². The number of nitrogens with zero attached hydrogens (tertiary/aromatic N) is 2. The molecule has 0 bridgehead atoms. The van der Waals surface area contributed by atoms with Gasteiger partial charge in [-0.3, -0.25) is 0 Å². The Balaban J connectivity index is 2.65. The quantitative estimate of drug-likeness (QED) is 0.634. The number of ether oxygens (including phenoxy) is 1. The number of esters is 1. The Hall–Kier alpha value is -1.59. The molecular weight excluding hydrogens is 303 g/mol. The van der Waals surface area contributed by atoms with Crippen molar-refractivity contribution in [2.45, 2.75) is 19.8 Å². The minimum absolute atomic E-state index is 0.152. The standard InChI is InChI=1S/C13H12Cl2N2O3/c1-3-4-8-10(13(18)19-2)11(17-20-8)9-7(14)5-6-16-12(9)15/h5-6H,3-4H2,1-2H3. The number of hydrogen-bond acceptors (Lipinski definition) is 5. The zero-order chi connectivity index (χ0) is 14.7. The van der Waals surface area contributed by atoms with E-state index in [0.29, 0.717) is 22.8 Å². The predicted molar refractivity (Wildman–Crippen MR) is 75.1 cm³/mol. The van der Waals surface area contributed by atoms with E-state index in [0.717, 1.165) is 6.42 Å². The lowest BCUT2D eigenvalue weighted by molar-refractivity contribution is 0.0599. The van der Waals surface area contributed by atoms with Crippen LogP contribution in [-0.4, -0.2) is 23.2 Å². The molecule has 0 N–H and O–H groups in total. The van der Waals surface area contributed by atoms with Crippen molar-refractivity contribution in [3.05, 3.63) is 33.8 Å². The number of aryl methyl sites for hydroxylation is 1. The molecule has 106 valence electrons. The molecular formula is C13H12Cl2N2O3. The molecule has 0 spiro atoms. The summed E-state index contributed by atoms with van der Waals surface area (Å²) in [5.41, 5.74) is 0.858. The van der Waals surface area contributed by atoms with E-state index in [2.05, 4.69) is 10.1 Å². The van der Waals surface area contributed by atoms with Gasteiger partial charge in [0.25, 0.3) is 0 Å². The fourth-order valence-electron chi connectivity index (χ4n) is 1.83. The van der Waals surface area contributed by atoms with Gasteiger partial charge in [-0.15, -0.1) is 0 Å². The van der Waals surface area contributed by atoms with Crippen molar-refractivity contribution >= 4 is 29.2 Å². The molecule has 0 aromatic carbocycles. The van der Waals surface area contributed by atoms with Crippen molar-refractivity contribution in [2.75, 3.05) is 7.11 Å². The molecule has 2 aromatic rings. The first-order chi connectivity index (χ1) is 9.60. The number of carbonyl (C=O) groups excluding carboxylic acids is 1. The lowest BCUT2D eigenvalue weighted by atomic mass is 10.1. The van der Waals surface area contributed by atoms with Crippen LogP contribution in [-0.2, 0) is 11.2 Å². The van der Waals surface area contributed by atoms with Crippen LogP contribution in [0, 0.1) is 0 Å². The number of hydrogen-bond donors (Lipinski definition) is 0. The fourth-order valence-corrected chi connectivity index (χ4v) is 2.36. The first kappa shape index (κ1) is 14.8. The number of pyridine rings is 1. The number of rotatable bonds is 4. The van der Waals surface area contributed by atoms with Gasteiger partial charge in [0.15, 0.2) is 5.76 Å². The van der Waals surface area contributed by atoms with Crippen molar-refractivity contribution < 1.29 is 14.1 Å². The molecule has 0 atom stereocenters. The van der Waals surface area contributed by atoms with E-state index in [9.17, 15) is 4.79 Å². The summed E-state index contributed by atoms with van der Waals surface area (Å²) >= 11 is 12.2. The topological polar surface area (TPSA) is 65.2 Å². The minimum atomic E-state index is -0.541. The van der Waals surface area contributed by atoms with Crippen LogP contribution < -0.4 is 0 Å². The molecule has 0 aliphatic heterocycles.